The van der Waals surface area contributed by atoms with Crippen molar-refractivity contribution in [2.24, 2.45) is 0 Å². The third-order valence-corrected chi connectivity index (χ3v) is 5.77. The Morgan fingerprint density at radius 1 is 1.21 bits per heavy atom. The normalized spacial score (nSPS) is 11.1. The van der Waals surface area contributed by atoms with E-state index in [1.54, 1.807) is 17.8 Å². The molecule has 10 heteroatoms. The fraction of sp³-hybridized carbons (Fsp3) is 0.278. The number of benzene rings is 2. The monoisotopic (exact) mass is 423 g/mol. The van der Waals surface area contributed by atoms with Crippen molar-refractivity contribution in [3.8, 4) is 0 Å². The highest BCUT2D eigenvalue weighted by atomic mass is 32.2. The summed E-state index contributed by atoms with van der Waals surface area (Å²) in [6, 6.07) is 12.8. The van der Waals surface area contributed by atoms with E-state index in [9.17, 15) is 23.3 Å². The Morgan fingerprint density at radius 2 is 1.93 bits per heavy atom. The Hall–Kier alpha value is -2.59. The highest BCUT2D eigenvalue weighted by molar-refractivity contribution is 7.98. The van der Waals surface area contributed by atoms with E-state index in [2.05, 4.69) is 5.32 Å². The zero-order valence-electron chi connectivity index (χ0n) is 15.5. The molecule has 0 aromatic heterocycles. The average molecular weight is 424 g/mol. The molecule has 1 amide bonds. The molecule has 0 saturated carbocycles. The summed E-state index contributed by atoms with van der Waals surface area (Å²) in [4.78, 5) is 23.5. The first kappa shape index (κ1) is 21.7. The number of nitro groups is 1. The van der Waals surface area contributed by atoms with Crippen molar-refractivity contribution in [3.63, 3.8) is 0 Å². The lowest BCUT2D eigenvalue weighted by atomic mass is 10.2. The van der Waals surface area contributed by atoms with Crippen molar-refractivity contribution in [3.05, 3.63) is 58.6 Å². The number of non-ortho nitro benzene ring substituents is 1. The Labute approximate surface area is 168 Å². The van der Waals surface area contributed by atoms with Crippen LogP contribution in [0.2, 0.25) is 0 Å². The smallest absolute Gasteiger partial charge is 0.271 e. The first-order chi connectivity index (χ1) is 13.2. The minimum absolute atomic E-state index is 0.0400. The second-order valence-corrected chi connectivity index (χ2v) is 8.78. The largest absolute Gasteiger partial charge is 0.326 e. The molecule has 2 aromatic rings. The first-order valence-electron chi connectivity index (χ1n) is 8.37. The number of sulfonamides is 1. The standard InChI is InChI=1S/C18H21N3O5S2/c1-27-17-9-3-6-14(12-17)19-18(22)10-5-11-20(28(2,25)26)15-7-4-8-16(13-15)21(23)24/h3-4,6-9,12-13H,5,10-11H2,1-2H3,(H,19,22). The molecule has 0 aliphatic carbocycles. The fourth-order valence-electron chi connectivity index (χ4n) is 2.56. The van der Waals surface area contributed by atoms with Gasteiger partial charge in [0.1, 0.15) is 0 Å². The van der Waals surface area contributed by atoms with E-state index in [0.29, 0.717) is 5.69 Å². The molecule has 0 atom stereocenters. The molecular weight excluding hydrogens is 402 g/mol. The first-order valence-corrected chi connectivity index (χ1v) is 11.4. The van der Waals surface area contributed by atoms with Gasteiger partial charge in [-0.2, -0.15) is 0 Å². The summed E-state index contributed by atoms with van der Waals surface area (Å²) >= 11 is 1.56. The maximum Gasteiger partial charge on any atom is 0.271 e. The van der Waals surface area contributed by atoms with Crippen LogP contribution in [0, 0.1) is 10.1 Å². The SMILES string of the molecule is CSc1cccc(NC(=O)CCCN(c2cccc([N+](=O)[O-])c2)S(C)(=O)=O)c1. The minimum atomic E-state index is -3.65. The zero-order chi connectivity index (χ0) is 20.7. The van der Waals surface area contributed by atoms with Crippen LogP contribution in [0.15, 0.2) is 53.4 Å². The van der Waals surface area contributed by atoms with Crippen molar-refractivity contribution in [1.29, 1.82) is 0 Å². The van der Waals surface area contributed by atoms with Gasteiger partial charge in [-0.25, -0.2) is 8.42 Å². The molecule has 0 aliphatic rings. The Morgan fingerprint density at radius 3 is 2.57 bits per heavy atom. The van der Waals surface area contributed by atoms with Crippen LogP contribution in [0.1, 0.15) is 12.8 Å². The van der Waals surface area contributed by atoms with E-state index in [4.69, 9.17) is 0 Å². The van der Waals surface area contributed by atoms with Crippen LogP contribution in [-0.2, 0) is 14.8 Å². The van der Waals surface area contributed by atoms with E-state index < -0.39 is 14.9 Å². The van der Waals surface area contributed by atoms with Crippen molar-refractivity contribution < 1.29 is 18.1 Å². The van der Waals surface area contributed by atoms with Gasteiger partial charge in [0.15, 0.2) is 0 Å². The molecule has 0 aliphatic heterocycles. The molecule has 0 heterocycles. The van der Waals surface area contributed by atoms with E-state index in [-0.39, 0.29) is 36.7 Å². The third kappa shape index (κ3) is 6.24. The number of carbonyl (C=O) groups is 1. The highest BCUT2D eigenvalue weighted by Crippen LogP contribution is 2.24. The van der Waals surface area contributed by atoms with Gasteiger partial charge < -0.3 is 5.32 Å². The molecule has 150 valence electrons. The number of hydrogen-bond acceptors (Lipinski definition) is 6. The van der Waals surface area contributed by atoms with E-state index >= 15 is 0 Å². The number of nitro benzene ring substituents is 1. The lowest BCUT2D eigenvalue weighted by molar-refractivity contribution is -0.384. The molecule has 0 radical (unpaired) electrons. The van der Waals surface area contributed by atoms with Gasteiger partial charge in [0, 0.05) is 35.7 Å². The van der Waals surface area contributed by atoms with Gasteiger partial charge in [0.05, 0.1) is 16.9 Å². The van der Waals surface area contributed by atoms with Crippen molar-refractivity contribution >= 4 is 44.8 Å². The molecule has 0 fully saturated rings. The van der Waals surface area contributed by atoms with Gasteiger partial charge in [-0.1, -0.05) is 12.1 Å². The van der Waals surface area contributed by atoms with E-state index in [1.807, 2.05) is 24.5 Å². The van der Waals surface area contributed by atoms with Gasteiger partial charge in [-0.15, -0.1) is 11.8 Å². The summed E-state index contributed by atoms with van der Waals surface area (Å²) in [5.74, 6) is -0.231. The third-order valence-electron chi connectivity index (χ3n) is 3.85. The summed E-state index contributed by atoms with van der Waals surface area (Å²) in [6.07, 6.45) is 3.35. The van der Waals surface area contributed by atoms with Crippen LogP contribution >= 0.6 is 11.8 Å². The van der Waals surface area contributed by atoms with Gasteiger partial charge in [0.2, 0.25) is 15.9 Å². The molecule has 1 N–H and O–H groups in total. The summed E-state index contributed by atoms with van der Waals surface area (Å²) in [5, 5.41) is 13.7. The molecular formula is C18H21N3O5S2. The number of rotatable bonds is 9. The maximum absolute atomic E-state index is 12.1. The average Bonchev–Trinajstić information content (AvgIpc) is 2.64. The van der Waals surface area contributed by atoms with Gasteiger partial charge >= 0.3 is 0 Å². The molecule has 2 aromatic carbocycles. The number of anilines is 2. The molecule has 0 saturated heterocycles. The van der Waals surface area contributed by atoms with Crippen LogP contribution in [0.4, 0.5) is 17.1 Å². The van der Waals surface area contributed by atoms with Crippen LogP contribution < -0.4 is 9.62 Å². The Kier molecular flexibility index (Phi) is 7.41. The minimum Gasteiger partial charge on any atom is -0.326 e. The Bertz CT molecular complexity index is 963. The summed E-state index contributed by atoms with van der Waals surface area (Å²) in [7, 11) is -3.65. The number of amides is 1. The topological polar surface area (TPSA) is 110 Å². The highest BCUT2D eigenvalue weighted by Gasteiger charge is 2.19. The van der Waals surface area contributed by atoms with Crippen LogP contribution in [0.5, 0.6) is 0 Å². The number of nitrogens with one attached hydrogen (secondary N) is 1. The summed E-state index contributed by atoms with van der Waals surface area (Å²) in [6.45, 7) is 0.0400. The molecule has 2 rings (SSSR count). The molecule has 0 unspecified atom stereocenters. The number of thioether (sulfide) groups is 1. The number of hydrogen-bond donors (Lipinski definition) is 1. The van der Waals surface area contributed by atoms with Crippen LogP contribution in [0.3, 0.4) is 0 Å². The number of nitrogens with zero attached hydrogens (tertiary/aromatic N) is 2. The quantitative estimate of drug-likeness (QED) is 0.375. The molecule has 0 bridgehead atoms. The summed E-state index contributed by atoms with van der Waals surface area (Å²) in [5.41, 5.74) is 0.679. The van der Waals surface area contributed by atoms with E-state index in [0.717, 1.165) is 15.5 Å². The van der Waals surface area contributed by atoms with Gasteiger partial charge in [-0.3, -0.25) is 19.2 Å². The van der Waals surface area contributed by atoms with E-state index in [1.165, 1.54) is 24.3 Å². The van der Waals surface area contributed by atoms with Crippen molar-refractivity contribution in [2.75, 3.05) is 28.7 Å². The van der Waals surface area contributed by atoms with Crippen molar-refractivity contribution in [2.45, 2.75) is 17.7 Å². The van der Waals surface area contributed by atoms with Crippen LogP contribution in [-0.4, -0.2) is 38.3 Å². The maximum atomic E-state index is 12.1. The predicted molar refractivity (Wildman–Crippen MR) is 111 cm³/mol. The second-order valence-electron chi connectivity index (χ2n) is 6.00. The van der Waals surface area contributed by atoms with Gasteiger partial charge in [0.25, 0.3) is 5.69 Å². The lowest BCUT2D eigenvalue weighted by Gasteiger charge is -2.22. The van der Waals surface area contributed by atoms with Gasteiger partial charge in [-0.05, 0) is 36.9 Å². The summed E-state index contributed by atoms with van der Waals surface area (Å²) < 4.78 is 25.3. The number of carbonyl (C=O) groups excluding carboxylic acids is 1. The zero-order valence-corrected chi connectivity index (χ0v) is 17.1. The fourth-order valence-corrected chi connectivity index (χ4v) is 3.97. The molecule has 8 nitrogen and oxygen atoms in total. The Balaban J connectivity index is 2.01. The molecule has 28 heavy (non-hydrogen) atoms. The van der Waals surface area contributed by atoms with Crippen molar-refractivity contribution in [1.82, 2.24) is 0 Å². The predicted octanol–water partition coefficient (Wildman–Crippen LogP) is 3.50. The molecule has 0 spiro atoms. The second kappa shape index (κ2) is 9.56. The van der Waals surface area contributed by atoms with Crippen LogP contribution in [0.25, 0.3) is 0 Å². The lowest BCUT2D eigenvalue weighted by Crippen LogP contribution is -2.31.